The molecular weight excluding hydrogens is 348 g/mol. The molecule has 3 rings (SSSR count). The number of aryl methyl sites for hydroxylation is 1. The van der Waals surface area contributed by atoms with Gasteiger partial charge in [-0.1, -0.05) is 24.3 Å². The number of carbonyl (C=O) groups excluding carboxylic acids is 3. The number of nitrogens with one attached hydrogen (secondary N) is 1. The standard InChI is InChI=1S/C20H20N2O5/c1-13-6-4-7-14(19(13)25)20(26)27-12-17(23)21-15-8-2-3-9-16(15)22-11-5-10-18(22)24/h2-4,6-9,25H,5,10-12H2,1H3,(H,21,23). The van der Waals surface area contributed by atoms with Crippen molar-refractivity contribution < 1.29 is 24.2 Å². The van der Waals surface area contributed by atoms with Crippen LogP contribution in [-0.2, 0) is 14.3 Å². The number of para-hydroxylation sites is 3. The summed E-state index contributed by atoms with van der Waals surface area (Å²) < 4.78 is 4.99. The molecule has 0 spiro atoms. The minimum Gasteiger partial charge on any atom is -0.507 e. The molecule has 1 heterocycles. The summed E-state index contributed by atoms with van der Waals surface area (Å²) in [5, 5.41) is 12.6. The van der Waals surface area contributed by atoms with Gasteiger partial charge in [0.1, 0.15) is 11.3 Å². The van der Waals surface area contributed by atoms with E-state index < -0.39 is 18.5 Å². The molecule has 7 heteroatoms. The number of carbonyl (C=O) groups is 3. The summed E-state index contributed by atoms with van der Waals surface area (Å²) in [7, 11) is 0. The number of amides is 2. The van der Waals surface area contributed by atoms with Gasteiger partial charge in [-0.15, -0.1) is 0 Å². The van der Waals surface area contributed by atoms with Gasteiger partial charge in [-0.3, -0.25) is 9.59 Å². The molecule has 1 saturated heterocycles. The van der Waals surface area contributed by atoms with Gasteiger partial charge in [0.05, 0.1) is 11.4 Å². The summed E-state index contributed by atoms with van der Waals surface area (Å²) in [6, 6.07) is 11.7. The first-order valence-electron chi connectivity index (χ1n) is 8.62. The molecule has 0 radical (unpaired) electrons. The van der Waals surface area contributed by atoms with Gasteiger partial charge in [0.25, 0.3) is 5.91 Å². The summed E-state index contributed by atoms with van der Waals surface area (Å²) >= 11 is 0. The molecule has 2 aromatic carbocycles. The number of phenolic OH excluding ortho intramolecular Hbond substituents is 1. The molecule has 140 valence electrons. The van der Waals surface area contributed by atoms with E-state index in [0.717, 1.165) is 6.42 Å². The molecule has 2 aromatic rings. The third kappa shape index (κ3) is 4.08. The van der Waals surface area contributed by atoms with Crippen LogP contribution in [0.5, 0.6) is 5.75 Å². The molecular formula is C20H20N2O5. The fourth-order valence-corrected chi connectivity index (χ4v) is 2.94. The van der Waals surface area contributed by atoms with Crippen LogP contribution < -0.4 is 10.2 Å². The zero-order valence-corrected chi connectivity index (χ0v) is 14.9. The third-order valence-corrected chi connectivity index (χ3v) is 4.33. The number of benzene rings is 2. The molecule has 1 fully saturated rings. The van der Waals surface area contributed by atoms with E-state index in [1.807, 2.05) is 0 Å². The van der Waals surface area contributed by atoms with Crippen molar-refractivity contribution in [2.45, 2.75) is 19.8 Å². The van der Waals surface area contributed by atoms with E-state index in [4.69, 9.17) is 4.74 Å². The first-order chi connectivity index (χ1) is 13.0. The summed E-state index contributed by atoms with van der Waals surface area (Å²) in [4.78, 5) is 37.9. The minimum absolute atomic E-state index is 0.00543. The van der Waals surface area contributed by atoms with Gasteiger partial charge in [0.15, 0.2) is 6.61 Å². The fourth-order valence-electron chi connectivity index (χ4n) is 2.94. The molecule has 7 nitrogen and oxygen atoms in total. The van der Waals surface area contributed by atoms with E-state index in [1.165, 1.54) is 6.07 Å². The van der Waals surface area contributed by atoms with Crippen molar-refractivity contribution in [2.75, 3.05) is 23.4 Å². The second kappa shape index (κ2) is 7.90. The summed E-state index contributed by atoms with van der Waals surface area (Å²) in [6.45, 7) is 1.76. The highest BCUT2D eigenvalue weighted by atomic mass is 16.5. The van der Waals surface area contributed by atoms with Crippen molar-refractivity contribution in [3.05, 3.63) is 53.6 Å². The van der Waals surface area contributed by atoms with Crippen molar-refractivity contribution in [3.63, 3.8) is 0 Å². The SMILES string of the molecule is Cc1cccc(C(=O)OCC(=O)Nc2ccccc2N2CCCC2=O)c1O. The summed E-state index contributed by atoms with van der Waals surface area (Å²) in [6.07, 6.45) is 1.26. The van der Waals surface area contributed by atoms with E-state index in [1.54, 1.807) is 48.2 Å². The van der Waals surface area contributed by atoms with Gasteiger partial charge < -0.3 is 20.1 Å². The highest BCUT2D eigenvalue weighted by Crippen LogP contribution is 2.29. The topological polar surface area (TPSA) is 95.9 Å². The van der Waals surface area contributed by atoms with E-state index in [-0.39, 0.29) is 17.2 Å². The van der Waals surface area contributed by atoms with Crippen LogP contribution >= 0.6 is 0 Å². The predicted octanol–water partition coefficient (Wildman–Crippen LogP) is 2.62. The summed E-state index contributed by atoms with van der Waals surface area (Å²) in [5.41, 5.74) is 1.65. The van der Waals surface area contributed by atoms with Crippen LogP contribution in [0.2, 0.25) is 0 Å². The molecule has 0 aliphatic carbocycles. The lowest BCUT2D eigenvalue weighted by Crippen LogP contribution is -2.27. The number of anilines is 2. The summed E-state index contributed by atoms with van der Waals surface area (Å²) in [5.74, 6) is -1.47. The maximum Gasteiger partial charge on any atom is 0.342 e. The zero-order valence-electron chi connectivity index (χ0n) is 14.9. The Bertz CT molecular complexity index is 894. The van der Waals surface area contributed by atoms with Crippen molar-refractivity contribution >= 4 is 29.2 Å². The van der Waals surface area contributed by atoms with Gasteiger partial charge in [-0.2, -0.15) is 0 Å². The monoisotopic (exact) mass is 368 g/mol. The quantitative estimate of drug-likeness (QED) is 0.791. The van der Waals surface area contributed by atoms with Crippen molar-refractivity contribution in [1.29, 1.82) is 0 Å². The normalized spacial score (nSPS) is 13.5. The average molecular weight is 368 g/mol. The lowest BCUT2D eigenvalue weighted by molar-refractivity contribution is -0.119. The van der Waals surface area contributed by atoms with Crippen molar-refractivity contribution in [1.82, 2.24) is 0 Å². The number of esters is 1. The largest absolute Gasteiger partial charge is 0.507 e. The van der Waals surface area contributed by atoms with E-state index >= 15 is 0 Å². The van der Waals surface area contributed by atoms with Gasteiger partial charge in [-0.25, -0.2) is 4.79 Å². The Morgan fingerprint density at radius 1 is 1.19 bits per heavy atom. The van der Waals surface area contributed by atoms with Crippen LogP contribution in [0, 0.1) is 6.92 Å². The van der Waals surface area contributed by atoms with Crippen LogP contribution in [0.25, 0.3) is 0 Å². The highest BCUT2D eigenvalue weighted by molar-refractivity contribution is 6.03. The Morgan fingerprint density at radius 3 is 2.70 bits per heavy atom. The van der Waals surface area contributed by atoms with Gasteiger partial charge in [-0.05, 0) is 37.1 Å². The zero-order chi connectivity index (χ0) is 19.4. The molecule has 0 atom stereocenters. The lowest BCUT2D eigenvalue weighted by atomic mass is 10.1. The Labute approximate surface area is 156 Å². The smallest absolute Gasteiger partial charge is 0.342 e. The average Bonchev–Trinajstić information content (AvgIpc) is 3.08. The highest BCUT2D eigenvalue weighted by Gasteiger charge is 2.24. The van der Waals surface area contributed by atoms with Gasteiger partial charge in [0.2, 0.25) is 5.91 Å². The minimum atomic E-state index is -0.783. The lowest BCUT2D eigenvalue weighted by Gasteiger charge is -2.20. The fraction of sp³-hybridized carbons (Fsp3) is 0.250. The van der Waals surface area contributed by atoms with Crippen molar-refractivity contribution in [3.8, 4) is 5.75 Å². The number of phenols is 1. The third-order valence-electron chi connectivity index (χ3n) is 4.33. The number of hydrogen-bond acceptors (Lipinski definition) is 5. The van der Waals surface area contributed by atoms with Crippen LogP contribution in [-0.4, -0.2) is 36.0 Å². The molecule has 27 heavy (non-hydrogen) atoms. The molecule has 0 aromatic heterocycles. The molecule has 0 unspecified atom stereocenters. The maximum absolute atomic E-state index is 12.2. The first-order valence-corrected chi connectivity index (χ1v) is 8.62. The molecule has 2 amide bonds. The first kappa shape index (κ1) is 18.4. The number of hydrogen-bond donors (Lipinski definition) is 2. The molecule has 1 aliphatic rings. The van der Waals surface area contributed by atoms with Gasteiger partial charge >= 0.3 is 5.97 Å². The number of rotatable bonds is 5. The Morgan fingerprint density at radius 2 is 1.96 bits per heavy atom. The Balaban J connectivity index is 1.64. The van der Waals surface area contributed by atoms with Crippen LogP contribution in [0.4, 0.5) is 11.4 Å². The van der Waals surface area contributed by atoms with Crippen LogP contribution in [0.15, 0.2) is 42.5 Å². The van der Waals surface area contributed by atoms with E-state index in [9.17, 15) is 19.5 Å². The number of ether oxygens (including phenoxy) is 1. The Hall–Kier alpha value is -3.35. The molecule has 0 bridgehead atoms. The van der Waals surface area contributed by atoms with E-state index in [0.29, 0.717) is 29.9 Å². The van der Waals surface area contributed by atoms with Crippen LogP contribution in [0.1, 0.15) is 28.8 Å². The van der Waals surface area contributed by atoms with E-state index in [2.05, 4.69) is 5.32 Å². The number of aromatic hydroxyl groups is 1. The Kier molecular flexibility index (Phi) is 5.40. The van der Waals surface area contributed by atoms with Gasteiger partial charge in [0, 0.05) is 13.0 Å². The molecule has 2 N–H and O–H groups in total. The molecule has 0 saturated carbocycles. The maximum atomic E-state index is 12.2. The second-order valence-corrected chi connectivity index (χ2v) is 6.26. The second-order valence-electron chi connectivity index (χ2n) is 6.26. The predicted molar refractivity (Wildman–Crippen MR) is 99.8 cm³/mol. The van der Waals surface area contributed by atoms with Crippen LogP contribution in [0.3, 0.4) is 0 Å². The molecule has 1 aliphatic heterocycles. The number of nitrogens with zero attached hydrogens (tertiary/aromatic N) is 1. The van der Waals surface area contributed by atoms with Crippen molar-refractivity contribution in [2.24, 2.45) is 0 Å².